The van der Waals surface area contributed by atoms with Crippen LogP contribution in [0.5, 0.6) is 0 Å². The summed E-state index contributed by atoms with van der Waals surface area (Å²) in [5, 5.41) is 26.9. The van der Waals surface area contributed by atoms with Crippen LogP contribution in [-0.4, -0.2) is 75.1 Å². The molecule has 1 aromatic carbocycles. The van der Waals surface area contributed by atoms with E-state index in [4.69, 9.17) is 11.6 Å². The Morgan fingerprint density at radius 2 is 2.03 bits per heavy atom. The fourth-order valence-electron chi connectivity index (χ4n) is 4.42. The Hall–Kier alpha value is -2.99. The number of aromatic amines is 1. The van der Waals surface area contributed by atoms with Crippen LogP contribution < -0.4 is 10.6 Å². The summed E-state index contributed by atoms with van der Waals surface area (Å²) in [6, 6.07) is 4.61. The molecular formula is C24H28ClN5O5S. The molecule has 1 aliphatic heterocycles. The molecule has 0 fully saturated rings. The van der Waals surface area contributed by atoms with E-state index in [2.05, 4.69) is 25.5 Å². The normalized spacial score (nSPS) is 16.2. The van der Waals surface area contributed by atoms with E-state index in [1.807, 2.05) is 7.05 Å². The fourth-order valence-corrected chi connectivity index (χ4v) is 5.69. The van der Waals surface area contributed by atoms with Crippen molar-refractivity contribution in [1.82, 2.24) is 25.5 Å². The van der Waals surface area contributed by atoms with Crippen molar-refractivity contribution in [2.75, 3.05) is 20.2 Å². The number of likely N-dealkylation sites (N-methyl/N-ethyl adjacent to an activating group) is 1. The Balaban J connectivity index is 1.56. The molecule has 0 saturated carbocycles. The summed E-state index contributed by atoms with van der Waals surface area (Å²) in [6.45, 7) is 2.65. The maximum Gasteiger partial charge on any atom is 0.308 e. The molecule has 0 bridgehead atoms. The van der Waals surface area contributed by atoms with E-state index < -0.39 is 42.4 Å². The van der Waals surface area contributed by atoms with Crippen molar-refractivity contribution in [3.63, 3.8) is 0 Å². The number of carboxylic acids is 1. The number of benzene rings is 1. The van der Waals surface area contributed by atoms with Crippen LogP contribution in [0.15, 0.2) is 24.3 Å². The number of halogens is 1. The van der Waals surface area contributed by atoms with Crippen molar-refractivity contribution in [2.24, 2.45) is 5.92 Å². The molecule has 1 aliphatic rings. The highest BCUT2D eigenvalue weighted by atomic mass is 35.5. The lowest BCUT2D eigenvalue weighted by molar-refractivity contribution is -0.143. The van der Waals surface area contributed by atoms with E-state index in [1.165, 1.54) is 11.3 Å². The van der Waals surface area contributed by atoms with E-state index >= 15 is 0 Å². The van der Waals surface area contributed by atoms with Gasteiger partial charge in [-0.15, -0.1) is 11.3 Å². The summed E-state index contributed by atoms with van der Waals surface area (Å²) in [4.78, 5) is 48.8. The van der Waals surface area contributed by atoms with Gasteiger partial charge in [-0.05, 0) is 37.7 Å². The molecule has 2 aromatic heterocycles. The number of amides is 2. The monoisotopic (exact) mass is 533 g/mol. The summed E-state index contributed by atoms with van der Waals surface area (Å²) in [5.41, 5.74) is 1.78. The number of hydrogen-bond donors (Lipinski definition) is 5. The fraction of sp³-hybridized carbons (Fsp3) is 0.417. The molecule has 12 heteroatoms. The molecule has 2 amide bonds. The van der Waals surface area contributed by atoms with Crippen LogP contribution in [0.1, 0.15) is 44.2 Å². The third-order valence-electron chi connectivity index (χ3n) is 6.38. The van der Waals surface area contributed by atoms with Gasteiger partial charge < -0.3 is 30.7 Å². The van der Waals surface area contributed by atoms with Gasteiger partial charge in [0.2, 0.25) is 0 Å². The lowest BCUT2D eigenvalue weighted by atomic mass is 9.90. The van der Waals surface area contributed by atoms with Gasteiger partial charge in [0.25, 0.3) is 11.8 Å². The molecule has 0 radical (unpaired) electrons. The molecule has 3 aromatic rings. The first-order valence-electron chi connectivity index (χ1n) is 11.6. The zero-order valence-corrected chi connectivity index (χ0v) is 21.4. The highest BCUT2D eigenvalue weighted by Gasteiger charge is 2.36. The average molecular weight is 534 g/mol. The zero-order valence-electron chi connectivity index (χ0n) is 19.9. The first-order valence-corrected chi connectivity index (χ1v) is 12.8. The van der Waals surface area contributed by atoms with E-state index in [0.717, 1.165) is 28.9 Å². The van der Waals surface area contributed by atoms with Gasteiger partial charge in [0, 0.05) is 40.3 Å². The number of nitrogens with zero attached hydrogens (tertiary/aromatic N) is 2. The maximum absolute atomic E-state index is 13.1. The first kappa shape index (κ1) is 26.1. The Morgan fingerprint density at radius 3 is 2.72 bits per heavy atom. The number of carboxylic acid groups (broad SMARTS) is 1. The molecule has 0 saturated heterocycles. The lowest BCUT2D eigenvalue weighted by Gasteiger charge is -2.31. The van der Waals surface area contributed by atoms with Gasteiger partial charge in [-0.1, -0.05) is 18.5 Å². The molecule has 10 nitrogen and oxygen atoms in total. The second-order valence-corrected chi connectivity index (χ2v) is 10.4. The van der Waals surface area contributed by atoms with Crippen LogP contribution in [-0.2, 0) is 17.8 Å². The molecule has 192 valence electrons. The minimum atomic E-state index is -1.15. The molecule has 0 aliphatic carbocycles. The number of aliphatic hydroxyl groups excluding tert-OH is 1. The third kappa shape index (κ3) is 5.54. The lowest BCUT2D eigenvalue weighted by Crippen LogP contribution is -2.58. The minimum Gasteiger partial charge on any atom is -0.481 e. The van der Waals surface area contributed by atoms with Gasteiger partial charge in [-0.3, -0.25) is 14.4 Å². The summed E-state index contributed by atoms with van der Waals surface area (Å²) < 4.78 is 0. The van der Waals surface area contributed by atoms with E-state index in [9.17, 15) is 24.6 Å². The number of nitrogens with one attached hydrogen (secondary N) is 3. The molecule has 36 heavy (non-hydrogen) atoms. The van der Waals surface area contributed by atoms with Crippen molar-refractivity contribution in [1.29, 1.82) is 0 Å². The molecule has 1 unspecified atom stereocenters. The largest absolute Gasteiger partial charge is 0.481 e. The number of hydrogen-bond acceptors (Lipinski definition) is 7. The number of aliphatic hydroxyl groups is 1. The summed E-state index contributed by atoms with van der Waals surface area (Å²) in [5.74, 6) is -3.28. The summed E-state index contributed by atoms with van der Waals surface area (Å²) in [7, 11) is 2.00. The minimum absolute atomic E-state index is 0.173. The maximum atomic E-state index is 13.1. The Bertz CT molecular complexity index is 1290. The van der Waals surface area contributed by atoms with Crippen LogP contribution in [0.2, 0.25) is 5.02 Å². The third-order valence-corrected chi connectivity index (χ3v) is 7.69. The van der Waals surface area contributed by atoms with Gasteiger partial charge in [0.15, 0.2) is 5.01 Å². The van der Waals surface area contributed by atoms with Crippen molar-refractivity contribution < 1.29 is 24.6 Å². The molecular weight excluding hydrogens is 506 g/mol. The van der Waals surface area contributed by atoms with Gasteiger partial charge in [-0.2, -0.15) is 0 Å². The van der Waals surface area contributed by atoms with Gasteiger partial charge in [0.05, 0.1) is 30.3 Å². The predicted octanol–water partition coefficient (Wildman–Crippen LogP) is 2.27. The second-order valence-electron chi connectivity index (χ2n) is 8.91. The molecule has 4 rings (SSSR count). The van der Waals surface area contributed by atoms with Crippen molar-refractivity contribution in [2.45, 2.75) is 38.4 Å². The number of thiazole rings is 1. The summed E-state index contributed by atoms with van der Waals surface area (Å²) >= 11 is 7.31. The number of aliphatic carboxylic acids is 1. The summed E-state index contributed by atoms with van der Waals surface area (Å²) in [6.07, 6.45) is 0.914. The smallest absolute Gasteiger partial charge is 0.308 e. The van der Waals surface area contributed by atoms with Crippen molar-refractivity contribution in [3.05, 3.63) is 50.6 Å². The quantitative estimate of drug-likeness (QED) is 0.283. The standard InChI is InChI=1S/C24H28ClN5O5S/c1-3-14(24(34)35)20(29-21(32)17-9-12-8-13(25)4-5-15(12)26-17)18(11-31)27-22(33)23-28-16-6-7-30(2)10-19(16)36-23/h4-5,8-9,14,18,20,26,31H,3,6-7,10-11H2,1-2H3,(H,27,33)(H,29,32)(H,34,35)/t14?,18-,20-/m1/s1. The molecule has 3 atom stereocenters. The number of rotatable bonds is 9. The van der Waals surface area contributed by atoms with Gasteiger partial charge >= 0.3 is 5.97 Å². The second kappa shape index (κ2) is 11.0. The van der Waals surface area contributed by atoms with E-state index in [-0.39, 0.29) is 17.1 Å². The number of fused-ring (bicyclic) bond motifs is 2. The van der Waals surface area contributed by atoms with Crippen LogP contribution in [0, 0.1) is 5.92 Å². The SMILES string of the molecule is CCC(C(=O)O)[C@@H](NC(=O)c1cc2cc(Cl)ccc2[nH]1)[C@@H](CO)NC(=O)c1nc2c(s1)CN(C)CC2. The first-order chi connectivity index (χ1) is 17.2. The molecule has 0 spiro atoms. The van der Waals surface area contributed by atoms with Crippen LogP contribution >= 0.6 is 22.9 Å². The Morgan fingerprint density at radius 1 is 1.25 bits per heavy atom. The topological polar surface area (TPSA) is 148 Å². The highest BCUT2D eigenvalue weighted by molar-refractivity contribution is 7.13. The van der Waals surface area contributed by atoms with E-state index in [0.29, 0.717) is 17.1 Å². The van der Waals surface area contributed by atoms with Crippen molar-refractivity contribution >= 4 is 51.6 Å². The number of carbonyl (C=O) groups is 3. The van der Waals surface area contributed by atoms with E-state index in [1.54, 1.807) is 31.2 Å². The van der Waals surface area contributed by atoms with Crippen LogP contribution in [0.3, 0.4) is 0 Å². The molecule has 3 heterocycles. The van der Waals surface area contributed by atoms with Crippen molar-refractivity contribution in [3.8, 4) is 0 Å². The predicted molar refractivity (Wildman–Crippen MR) is 136 cm³/mol. The highest BCUT2D eigenvalue weighted by Crippen LogP contribution is 2.25. The average Bonchev–Trinajstić information content (AvgIpc) is 3.45. The van der Waals surface area contributed by atoms with Crippen LogP contribution in [0.25, 0.3) is 10.9 Å². The molecule has 5 N–H and O–H groups in total. The van der Waals surface area contributed by atoms with Gasteiger partial charge in [0.1, 0.15) is 5.69 Å². The Kier molecular flexibility index (Phi) is 7.94. The van der Waals surface area contributed by atoms with Crippen LogP contribution in [0.4, 0.5) is 0 Å². The Labute approximate surface area is 216 Å². The zero-order chi connectivity index (χ0) is 26.0. The number of H-pyrrole nitrogens is 1. The number of aromatic nitrogens is 2. The number of carbonyl (C=O) groups excluding carboxylic acids is 2. The van der Waals surface area contributed by atoms with Gasteiger partial charge in [-0.25, -0.2) is 4.98 Å².